The molecular formula is C28H23ClN2O4. The third kappa shape index (κ3) is 6.19. The lowest BCUT2D eigenvalue weighted by Gasteiger charge is -2.13. The number of ether oxygens (including phenoxy) is 2. The molecule has 4 rings (SSSR count). The fourth-order valence-corrected chi connectivity index (χ4v) is 3.58. The van der Waals surface area contributed by atoms with Crippen molar-refractivity contribution in [1.29, 1.82) is 0 Å². The number of benzene rings is 4. The molecule has 4 aromatic carbocycles. The van der Waals surface area contributed by atoms with E-state index in [9.17, 15) is 9.59 Å². The largest absolute Gasteiger partial charge is 0.494 e. The SMILES string of the molecule is COc1cc(NC(=O)c2ccc(OCc3ccccc3)cc2)ccc1NC(=O)c1ccccc1Cl. The van der Waals surface area contributed by atoms with Gasteiger partial charge in [-0.2, -0.15) is 0 Å². The van der Waals surface area contributed by atoms with Gasteiger partial charge in [-0.1, -0.05) is 54.1 Å². The average Bonchev–Trinajstić information content (AvgIpc) is 2.89. The summed E-state index contributed by atoms with van der Waals surface area (Å²) < 4.78 is 11.2. The molecule has 0 heterocycles. The maximum absolute atomic E-state index is 12.7. The van der Waals surface area contributed by atoms with Crippen molar-refractivity contribution in [3.63, 3.8) is 0 Å². The van der Waals surface area contributed by atoms with Crippen LogP contribution in [-0.4, -0.2) is 18.9 Å². The predicted octanol–water partition coefficient (Wildman–Crippen LogP) is 6.43. The molecular weight excluding hydrogens is 464 g/mol. The van der Waals surface area contributed by atoms with Gasteiger partial charge in [0.15, 0.2) is 0 Å². The van der Waals surface area contributed by atoms with Crippen LogP contribution in [0.2, 0.25) is 5.02 Å². The fourth-order valence-electron chi connectivity index (χ4n) is 3.35. The van der Waals surface area contributed by atoms with Crippen LogP contribution in [0.5, 0.6) is 11.5 Å². The minimum Gasteiger partial charge on any atom is -0.494 e. The first kappa shape index (κ1) is 23.9. The lowest BCUT2D eigenvalue weighted by atomic mass is 10.1. The third-order valence-corrected chi connectivity index (χ3v) is 5.52. The van der Waals surface area contributed by atoms with E-state index in [1.807, 2.05) is 30.3 Å². The monoisotopic (exact) mass is 486 g/mol. The number of amides is 2. The van der Waals surface area contributed by atoms with Crippen LogP contribution in [0.4, 0.5) is 11.4 Å². The van der Waals surface area contributed by atoms with E-state index in [1.54, 1.807) is 66.7 Å². The zero-order valence-corrected chi connectivity index (χ0v) is 19.7. The molecule has 0 radical (unpaired) electrons. The summed E-state index contributed by atoms with van der Waals surface area (Å²) in [6, 6.07) is 28.5. The third-order valence-electron chi connectivity index (χ3n) is 5.19. The molecule has 0 aromatic heterocycles. The number of carbonyl (C=O) groups is 2. The van der Waals surface area contributed by atoms with Gasteiger partial charge in [-0.05, 0) is 54.1 Å². The van der Waals surface area contributed by atoms with Crippen LogP contribution >= 0.6 is 11.6 Å². The quantitative estimate of drug-likeness (QED) is 0.301. The summed E-state index contributed by atoms with van der Waals surface area (Å²) >= 11 is 6.11. The average molecular weight is 487 g/mol. The summed E-state index contributed by atoms with van der Waals surface area (Å²) in [7, 11) is 1.49. The molecule has 7 heteroatoms. The van der Waals surface area contributed by atoms with E-state index in [-0.39, 0.29) is 11.8 Å². The van der Waals surface area contributed by atoms with E-state index in [0.29, 0.717) is 45.6 Å². The summed E-state index contributed by atoms with van der Waals surface area (Å²) in [6.45, 7) is 0.450. The molecule has 0 unspecified atom stereocenters. The van der Waals surface area contributed by atoms with Crippen LogP contribution in [0.1, 0.15) is 26.3 Å². The van der Waals surface area contributed by atoms with E-state index in [2.05, 4.69) is 10.6 Å². The van der Waals surface area contributed by atoms with Crippen molar-refractivity contribution < 1.29 is 19.1 Å². The van der Waals surface area contributed by atoms with Crippen LogP contribution in [-0.2, 0) is 6.61 Å². The Morgan fingerprint density at radius 3 is 2.23 bits per heavy atom. The fraction of sp³-hybridized carbons (Fsp3) is 0.0714. The van der Waals surface area contributed by atoms with Crippen molar-refractivity contribution in [3.8, 4) is 11.5 Å². The van der Waals surface area contributed by atoms with Gasteiger partial charge in [0.2, 0.25) is 0 Å². The van der Waals surface area contributed by atoms with Gasteiger partial charge in [0.25, 0.3) is 11.8 Å². The van der Waals surface area contributed by atoms with Crippen LogP contribution < -0.4 is 20.1 Å². The topological polar surface area (TPSA) is 76.7 Å². The molecule has 0 atom stereocenters. The second-order valence-corrected chi connectivity index (χ2v) is 8.01. The highest BCUT2D eigenvalue weighted by atomic mass is 35.5. The van der Waals surface area contributed by atoms with Gasteiger partial charge in [-0.15, -0.1) is 0 Å². The number of anilines is 2. The maximum atomic E-state index is 12.7. The Hall–Kier alpha value is -4.29. The first-order valence-electron chi connectivity index (χ1n) is 10.9. The molecule has 0 fully saturated rings. The van der Waals surface area contributed by atoms with Crippen LogP contribution in [0, 0.1) is 0 Å². The lowest BCUT2D eigenvalue weighted by Crippen LogP contribution is -2.14. The normalized spacial score (nSPS) is 10.3. The molecule has 0 aliphatic rings. The Morgan fingerprint density at radius 2 is 1.51 bits per heavy atom. The van der Waals surface area contributed by atoms with E-state index in [0.717, 1.165) is 5.56 Å². The molecule has 2 amide bonds. The molecule has 0 saturated carbocycles. The molecule has 2 N–H and O–H groups in total. The summed E-state index contributed by atoms with van der Waals surface area (Å²) in [6.07, 6.45) is 0. The molecule has 35 heavy (non-hydrogen) atoms. The van der Waals surface area contributed by atoms with E-state index < -0.39 is 0 Å². The molecule has 0 aliphatic heterocycles. The van der Waals surface area contributed by atoms with Gasteiger partial charge in [-0.3, -0.25) is 9.59 Å². The summed E-state index contributed by atoms with van der Waals surface area (Å²) in [5, 5.41) is 5.98. The van der Waals surface area contributed by atoms with Crippen molar-refractivity contribution in [2.45, 2.75) is 6.61 Å². The van der Waals surface area contributed by atoms with Crippen LogP contribution in [0.15, 0.2) is 97.1 Å². The minimum atomic E-state index is -0.361. The van der Waals surface area contributed by atoms with E-state index in [1.165, 1.54) is 7.11 Å². The standard InChI is InChI=1S/C28H23ClN2O4/c1-34-26-17-21(13-16-25(26)31-28(33)23-9-5-6-10-24(23)29)30-27(32)20-11-14-22(15-12-20)35-18-19-7-3-2-4-8-19/h2-17H,18H2,1H3,(H,30,32)(H,31,33). The number of nitrogens with one attached hydrogen (secondary N) is 2. The highest BCUT2D eigenvalue weighted by molar-refractivity contribution is 6.34. The van der Waals surface area contributed by atoms with Crippen molar-refractivity contribution in [1.82, 2.24) is 0 Å². The van der Waals surface area contributed by atoms with Crippen molar-refractivity contribution in [2.75, 3.05) is 17.7 Å². The molecule has 176 valence electrons. The van der Waals surface area contributed by atoms with Gasteiger partial charge in [0, 0.05) is 17.3 Å². The highest BCUT2D eigenvalue weighted by Gasteiger charge is 2.14. The Morgan fingerprint density at radius 1 is 0.800 bits per heavy atom. The second-order valence-electron chi connectivity index (χ2n) is 7.60. The summed E-state index contributed by atoms with van der Waals surface area (Å²) in [4.78, 5) is 25.3. The first-order chi connectivity index (χ1) is 17.0. The minimum absolute atomic E-state index is 0.283. The van der Waals surface area contributed by atoms with Gasteiger partial charge in [0.1, 0.15) is 18.1 Å². The van der Waals surface area contributed by atoms with Gasteiger partial charge >= 0.3 is 0 Å². The molecule has 0 saturated heterocycles. The number of hydrogen-bond acceptors (Lipinski definition) is 4. The van der Waals surface area contributed by atoms with Crippen molar-refractivity contribution in [3.05, 3.63) is 119 Å². The van der Waals surface area contributed by atoms with E-state index in [4.69, 9.17) is 21.1 Å². The Kier molecular flexibility index (Phi) is 7.65. The zero-order chi connectivity index (χ0) is 24.6. The van der Waals surface area contributed by atoms with Crippen LogP contribution in [0.3, 0.4) is 0 Å². The Labute approximate surface area is 208 Å². The number of methoxy groups -OCH3 is 1. The van der Waals surface area contributed by atoms with Gasteiger partial charge in [0.05, 0.1) is 23.4 Å². The lowest BCUT2D eigenvalue weighted by molar-refractivity contribution is 0.101. The van der Waals surface area contributed by atoms with E-state index >= 15 is 0 Å². The number of carbonyl (C=O) groups excluding carboxylic acids is 2. The van der Waals surface area contributed by atoms with Crippen molar-refractivity contribution >= 4 is 34.8 Å². The van der Waals surface area contributed by atoms with Crippen LogP contribution in [0.25, 0.3) is 0 Å². The highest BCUT2D eigenvalue weighted by Crippen LogP contribution is 2.29. The number of halogens is 1. The Balaban J connectivity index is 1.39. The molecule has 0 aliphatic carbocycles. The van der Waals surface area contributed by atoms with Gasteiger partial charge < -0.3 is 20.1 Å². The summed E-state index contributed by atoms with van der Waals surface area (Å²) in [5.41, 5.74) is 2.87. The molecule has 0 spiro atoms. The molecule has 6 nitrogen and oxygen atoms in total. The molecule has 4 aromatic rings. The van der Waals surface area contributed by atoms with Crippen molar-refractivity contribution in [2.24, 2.45) is 0 Å². The second kappa shape index (κ2) is 11.2. The molecule has 0 bridgehead atoms. The van der Waals surface area contributed by atoms with Gasteiger partial charge in [-0.25, -0.2) is 0 Å². The maximum Gasteiger partial charge on any atom is 0.257 e. The predicted molar refractivity (Wildman–Crippen MR) is 138 cm³/mol. The number of rotatable bonds is 8. The summed E-state index contributed by atoms with van der Waals surface area (Å²) in [5.74, 6) is 0.424. The zero-order valence-electron chi connectivity index (χ0n) is 19.0. The smallest absolute Gasteiger partial charge is 0.257 e. The Bertz CT molecular complexity index is 1320. The first-order valence-corrected chi connectivity index (χ1v) is 11.2. The number of hydrogen-bond donors (Lipinski definition) is 2.